The van der Waals surface area contributed by atoms with Crippen molar-refractivity contribution in [3.63, 3.8) is 0 Å². The predicted molar refractivity (Wildman–Crippen MR) is 104 cm³/mol. The number of hydrogen-bond acceptors (Lipinski definition) is 5. The molecule has 3 rings (SSSR count). The predicted octanol–water partition coefficient (Wildman–Crippen LogP) is 3.05. The Morgan fingerprint density at radius 1 is 1.26 bits per heavy atom. The van der Waals surface area contributed by atoms with Gasteiger partial charge in [0.1, 0.15) is 0 Å². The van der Waals surface area contributed by atoms with Crippen LogP contribution in [0.15, 0.2) is 42.6 Å². The lowest BCUT2D eigenvalue weighted by molar-refractivity contribution is -0.123. The van der Waals surface area contributed by atoms with Crippen LogP contribution in [0.5, 0.6) is 0 Å². The van der Waals surface area contributed by atoms with Gasteiger partial charge < -0.3 is 15.0 Å². The van der Waals surface area contributed by atoms with Crippen molar-refractivity contribution in [1.29, 1.82) is 0 Å². The first-order valence-corrected chi connectivity index (χ1v) is 9.27. The highest BCUT2D eigenvalue weighted by Gasteiger charge is 2.27. The maximum absolute atomic E-state index is 13.2. The number of amides is 1. The van der Waals surface area contributed by atoms with Gasteiger partial charge in [0.15, 0.2) is 0 Å². The molecule has 0 aliphatic carbocycles. The molecule has 0 saturated carbocycles. The molecular weight excluding hydrogens is 366 g/mol. The molecule has 142 valence electrons. The van der Waals surface area contributed by atoms with Crippen molar-refractivity contribution in [2.24, 2.45) is 5.92 Å². The van der Waals surface area contributed by atoms with Crippen LogP contribution < -0.4 is 10.2 Å². The monoisotopic (exact) mass is 387 g/mol. The summed E-state index contributed by atoms with van der Waals surface area (Å²) in [5.41, 5.74) is 1.80. The van der Waals surface area contributed by atoms with E-state index in [-0.39, 0.29) is 11.8 Å². The number of piperidine rings is 1. The van der Waals surface area contributed by atoms with Crippen molar-refractivity contribution < 1.29 is 14.3 Å². The molecular formula is C20H22ClN3O3. The molecule has 0 spiro atoms. The van der Waals surface area contributed by atoms with Crippen LogP contribution in [0.1, 0.15) is 28.9 Å². The van der Waals surface area contributed by atoms with Crippen molar-refractivity contribution in [2.45, 2.75) is 19.4 Å². The van der Waals surface area contributed by atoms with Crippen molar-refractivity contribution in [3.05, 3.63) is 58.9 Å². The molecule has 6 nitrogen and oxygen atoms in total. The Balaban J connectivity index is 1.85. The van der Waals surface area contributed by atoms with Gasteiger partial charge in [-0.1, -0.05) is 17.7 Å². The SMILES string of the molecule is COC(=O)c1ccc(CN(C(=O)C2CCNCC2)c2cccc(Cl)c2)nc1. The number of rotatable bonds is 5. The van der Waals surface area contributed by atoms with Crippen molar-refractivity contribution in [1.82, 2.24) is 10.3 Å². The molecule has 1 fully saturated rings. The van der Waals surface area contributed by atoms with Crippen LogP contribution in [0.3, 0.4) is 0 Å². The van der Waals surface area contributed by atoms with Gasteiger partial charge in [0, 0.05) is 22.8 Å². The molecule has 7 heteroatoms. The molecule has 0 unspecified atom stereocenters. The Labute approximate surface area is 163 Å². The van der Waals surface area contributed by atoms with Crippen LogP contribution in [-0.2, 0) is 16.1 Å². The van der Waals surface area contributed by atoms with Gasteiger partial charge in [0.05, 0.1) is 24.9 Å². The number of carbonyl (C=O) groups is 2. The highest BCUT2D eigenvalue weighted by molar-refractivity contribution is 6.30. The first kappa shape index (κ1) is 19.3. The fourth-order valence-electron chi connectivity index (χ4n) is 3.15. The second-order valence-electron chi connectivity index (χ2n) is 6.46. The number of methoxy groups -OCH3 is 1. The Kier molecular flexibility index (Phi) is 6.42. The molecule has 1 aliphatic heterocycles. The minimum atomic E-state index is -0.438. The number of ether oxygens (including phenoxy) is 1. The van der Waals surface area contributed by atoms with E-state index in [2.05, 4.69) is 10.3 Å². The fraction of sp³-hybridized carbons (Fsp3) is 0.350. The molecule has 1 aliphatic rings. The van der Waals surface area contributed by atoms with Crippen LogP contribution >= 0.6 is 11.6 Å². The quantitative estimate of drug-likeness (QED) is 0.798. The molecule has 0 atom stereocenters. The number of nitrogens with one attached hydrogen (secondary N) is 1. The standard InChI is InChI=1S/C20H22ClN3O3/c1-27-20(26)15-5-6-17(23-12-15)13-24(18-4-2-3-16(21)11-18)19(25)14-7-9-22-10-8-14/h2-6,11-12,14,22H,7-10,13H2,1H3. The van der Waals surface area contributed by atoms with Crippen molar-refractivity contribution in [2.75, 3.05) is 25.1 Å². The number of aromatic nitrogens is 1. The fourth-order valence-corrected chi connectivity index (χ4v) is 3.33. The van der Waals surface area contributed by atoms with E-state index >= 15 is 0 Å². The van der Waals surface area contributed by atoms with Gasteiger partial charge in [-0.3, -0.25) is 9.78 Å². The first-order valence-electron chi connectivity index (χ1n) is 8.89. The Bertz CT molecular complexity index is 804. The number of benzene rings is 1. The van der Waals surface area contributed by atoms with Crippen LogP contribution in [0, 0.1) is 5.92 Å². The zero-order chi connectivity index (χ0) is 19.2. The third-order valence-corrected chi connectivity index (χ3v) is 4.88. The molecule has 0 radical (unpaired) electrons. The van der Waals surface area contributed by atoms with Gasteiger partial charge in [0.2, 0.25) is 5.91 Å². The summed E-state index contributed by atoms with van der Waals surface area (Å²) < 4.78 is 4.69. The van der Waals surface area contributed by atoms with E-state index in [9.17, 15) is 9.59 Å². The maximum Gasteiger partial charge on any atom is 0.339 e. The van der Waals surface area contributed by atoms with E-state index in [1.165, 1.54) is 13.3 Å². The summed E-state index contributed by atoms with van der Waals surface area (Å²) in [5.74, 6) is -0.399. The Hall–Kier alpha value is -2.44. The van der Waals surface area contributed by atoms with Crippen LogP contribution in [-0.4, -0.2) is 37.1 Å². The van der Waals surface area contributed by atoms with Gasteiger partial charge in [-0.05, 0) is 56.3 Å². The smallest absolute Gasteiger partial charge is 0.339 e. The van der Waals surface area contributed by atoms with Gasteiger partial charge in [-0.15, -0.1) is 0 Å². The van der Waals surface area contributed by atoms with Crippen LogP contribution in [0.2, 0.25) is 5.02 Å². The number of hydrogen-bond donors (Lipinski definition) is 1. The first-order chi connectivity index (χ1) is 13.1. The Morgan fingerprint density at radius 3 is 2.67 bits per heavy atom. The number of anilines is 1. The van der Waals surface area contributed by atoms with E-state index in [4.69, 9.17) is 16.3 Å². The molecule has 0 bridgehead atoms. The summed E-state index contributed by atoms with van der Waals surface area (Å²) in [6.45, 7) is 1.99. The molecule has 1 amide bonds. The zero-order valence-corrected chi connectivity index (χ0v) is 15.9. The van der Waals surface area contributed by atoms with Gasteiger partial charge in [-0.2, -0.15) is 0 Å². The summed E-state index contributed by atoms with van der Waals surface area (Å²) in [4.78, 5) is 30.8. The second-order valence-corrected chi connectivity index (χ2v) is 6.89. The number of nitrogens with zero attached hydrogens (tertiary/aromatic N) is 2. The summed E-state index contributed by atoms with van der Waals surface area (Å²) in [6, 6.07) is 10.6. The lowest BCUT2D eigenvalue weighted by Gasteiger charge is -2.29. The van der Waals surface area contributed by atoms with Crippen LogP contribution in [0.25, 0.3) is 0 Å². The van der Waals surface area contributed by atoms with Crippen LogP contribution in [0.4, 0.5) is 5.69 Å². The molecule has 1 aromatic heterocycles. The number of esters is 1. The highest BCUT2D eigenvalue weighted by atomic mass is 35.5. The third kappa shape index (κ3) is 4.84. The van der Waals surface area contributed by atoms with E-state index in [0.29, 0.717) is 22.8 Å². The second kappa shape index (κ2) is 8.97. The molecule has 27 heavy (non-hydrogen) atoms. The highest BCUT2D eigenvalue weighted by Crippen LogP contribution is 2.25. The van der Waals surface area contributed by atoms with E-state index in [1.807, 2.05) is 12.1 Å². The lowest BCUT2D eigenvalue weighted by Crippen LogP contribution is -2.41. The van der Waals surface area contributed by atoms with Crippen molar-refractivity contribution in [3.8, 4) is 0 Å². The van der Waals surface area contributed by atoms with E-state index in [1.54, 1.807) is 29.2 Å². The third-order valence-electron chi connectivity index (χ3n) is 4.64. The molecule has 2 aromatic rings. The summed E-state index contributed by atoms with van der Waals surface area (Å²) in [7, 11) is 1.33. The minimum absolute atomic E-state index is 0.0282. The maximum atomic E-state index is 13.2. The van der Waals surface area contributed by atoms with Gasteiger partial charge in [0.25, 0.3) is 0 Å². The zero-order valence-electron chi connectivity index (χ0n) is 15.2. The largest absolute Gasteiger partial charge is 0.465 e. The lowest BCUT2D eigenvalue weighted by atomic mass is 9.96. The average molecular weight is 388 g/mol. The summed E-state index contributed by atoms with van der Waals surface area (Å²) in [6.07, 6.45) is 3.08. The molecule has 1 N–H and O–H groups in total. The normalized spacial score (nSPS) is 14.6. The molecule has 2 heterocycles. The molecule has 1 aromatic carbocycles. The van der Waals surface area contributed by atoms with Crippen molar-refractivity contribution >= 4 is 29.2 Å². The van der Waals surface area contributed by atoms with E-state index < -0.39 is 5.97 Å². The number of halogens is 1. The minimum Gasteiger partial charge on any atom is -0.465 e. The van der Waals surface area contributed by atoms with Gasteiger partial charge >= 0.3 is 5.97 Å². The topological polar surface area (TPSA) is 71.5 Å². The Morgan fingerprint density at radius 2 is 2.04 bits per heavy atom. The molecule has 1 saturated heterocycles. The average Bonchev–Trinajstić information content (AvgIpc) is 2.72. The summed E-state index contributed by atoms with van der Waals surface area (Å²) >= 11 is 6.14. The summed E-state index contributed by atoms with van der Waals surface area (Å²) in [5, 5.41) is 3.86. The number of pyridine rings is 1. The van der Waals surface area contributed by atoms with Gasteiger partial charge in [-0.25, -0.2) is 4.79 Å². The number of carbonyl (C=O) groups excluding carboxylic acids is 2. The van der Waals surface area contributed by atoms with E-state index in [0.717, 1.165) is 31.6 Å².